The Bertz CT molecular complexity index is 1450. The number of para-hydroxylation sites is 1. The van der Waals surface area contributed by atoms with Gasteiger partial charge in [-0.3, -0.25) is 19.3 Å². The molecule has 5 N–H and O–H groups in total. The van der Waals surface area contributed by atoms with Gasteiger partial charge in [-0.1, -0.05) is 48.5 Å². The molecule has 44 heavy (non-hydrogen) atoms. The summed E-state index contributed by atoms with van der Waals surface area (Å²) in [5.74, 6) is -4.65. The average Bonchev–Trinajstić information content (AvgIpc) is 3.39. The van der Waals surface area contributed by atoms with Crippen molar-refractivity contribution in [1.29, 1.82) is 0 Å². The maximum absolute atomic E-state index is 12.4. The van der Waals surface area contributed by atoms with Gasteiger partial charge in [0.2, 0.25) is 5.60 Å². The molecule has 0 amide bonds. The van der Waals surface area contributed by atoms with Crippen LogP contribution in [0, 0.1) is 5.92 Å². The van der Waals surface area contributed by atoms with Crippen molar-refractivity contribution in [2.24, 2.45) is 5.92 Å². The van der Waals surface area contributed by atoms with Gasteiger partial charge in [0.1, 0.15) is 0 Å². The number of rotatable bonds is 14. The third kappa shape index (κ3) is 7.55. The number of nitrogens with one attached hydrogen (secondary N) is 2. The lowest BCUT2D eigenvalue weighted by atomic mass is 9.72. The Balaban J connectivity index is 1.53. The van der Waals surface area contributed by atoms with E-state index in [1.807, 2.05) is 48.7 Å². The van der Waals surface area contributed by atoms with Gasteiger partial charge in [-0.25, -0.2) is 9.86 Å². The van der Waals surface area contributed by atoms with Crippen LogP contribution in [0.2, 0.25) is 0 Å². The number of carbonyl (C=O) groups is 3. The minimum atomic E-state index is -2.55. The third-order valence-corrected chi connectivity index (χ3v) is 8.99. The molecular formula is C32H40N4O7S. The predicted molar refractivity (Wildman–Crippen MR) is 169 cm³/mol. The van der Waals surface area contributed by atoms with Crippen molar-refractivity contribution in [3.05, 3.63) is 71.9 Å². The van der Waals surface area contributed by atoms with Crippen molar-refractivity contribution in [2.45, 2.75) is 56.1 Å². The largest absolute Gasteiger partial charge is 0.481 e. The van der Waals surface area contributed by atoms with Crippen LogP contribution in [-0.2, 0) is 31.2 Å². The summed E-state index contributed by atoms with van der Waals surface area (Å²) in [4.78, 5) is 47.2. The summed E-state index contributed by atoms with van der Waals surface area (Å²) < 4.78 is 0. The molecule has 3 aromatic rings. The van der Waals surface area contributed by atoms with Crippen LogP contribution in [0.4, 0.5) is 0 Å². The van der Waals surface area contributed by atoms with Crippen LogP contribution in [0.15, 0.2) is 60.8 Å². The molecule has 1 saturated carbocycles. The van der Waals surface area contributed by atoms with E-state index in [0.717, 1.165) is 42.1 Å². The van der Waals surface area contributed by atoms with Crippen LogP contribution >= 0.6 is 12.2 Å². The van der Waals surface area contributed by atoms with Gasteiger partial charge in [0.25, 0.3) is 0 Å². The summed E-state index contributed by atoms with van der Waals surface area (Å²) in [6.45, 7) is 0.562. The van der Waals surface area contributed by atoms with Crippen LogP contribution < -0.4 is 5.32 Å². The summed E-state index contributed by atoms with van der Waals surface area (Å²) in [5, 5.41) is 34.6. The topological polar surface area (TPSA) is 155 Å². The summed E-state index contributed by atoms with van der Waals surface area (Å²) in [7, 11) is 4.13. The molecule has 0 unspecified atom stereocenters. The van der Waals surface area contributed by atoms with Gasteiger partial charge in [0, 0.05) is 29.2 Å². The van der Waals surface area contributed by atoms with E-state index >= 15 is 0 Å². The monoisotopic (exact) mass is 624 g/mol. The maximum Gasteiger partial charge on any atom is 0.340 e. The van der Waals surface area contributed by atoms with Crippen molar-refractivity contribution in [2.75, 3.05) is 27.2 Å². The number of carboxylic acid groups (broad SMARTS) is 3. The van der Waals surface area contributed by atoms with Crippen LogP contribution in [-0.4, -0.2) is 86.1 Å². The number of H-pyrrole nitrogens is 1. The number of hydroxylamine groups is 2. The second-order valence-electron chi connectivity index (χ2n) is 11.7. The molecule has 1 aliphatic rings. The zero-order chi connectivity index (χ0) is 31.9. The second-order valence-corrected chi connectivity index (χ2v) is 12.1. The summed E-state index contributed by atoms with van der Waals surface area (Å²) in [6.07, 6.45) is 3.61. The van der Waals surface area contributed by atoms with E-state index in [4.69, 9.17) is 17.1 Å². The highest BCUT2D eigenvalue weighted by Gasteiger charge is 2.48. The van der Waals surface area contributed by atoms with E-state index in [9.17, 15) is 29.7 Å². The van der Waals surface area contributed by atoms with E-state index in [-0.39, 0.29) is 23.1 Å². The fourth-order valence-electron chi connectivity index (χ4n) is 6.22. The molecule has 4 rings (SSSR count). The van der Waals surface area contributed by atoms with Gasteiger partial charge in [-0.05, 0) is 81.5 Å². The number of aromatic amines is 1. The number of thiocarbonyl (C=S) groups is 1. The lowest BCUT2D eigenvalue weighted by Gasteiger charge is -2.46. The van der Waals surface area contributed by atoms with Crippen LogP contribution in [0.5, 0.6) is 0 Å². The molecule has 236 valence electrons. The Morgan fingerprint density at radius 2 is 1.61 bits per heavy atom. The van der Waals surface area contributed by atoms with Crippen LogP contribution in [0.3, 0.4) is 0 Å². The number of aromatic nitrogens is 1. The first-order valence-corrected chi connectivity index (χ1v) is 15.1. The van der Waals surface area contributed by atoms with Crippen molar-refractivity contribution in [3.63, 3.8) is 0 Å². The lowest BCUT2D eigenvalue weighted by Crippen LogP contribution is -2.54. The fraction of sp³-hybridized carbons (Fsp3) is 0.438. The minimum absolute atomic E-state index is 0.0290. The molecular weight excluding hydrogens is 584 g/mol. The Hall–Kier alpha value is -4.00. The molecule has 1 aliphatic carbocycles. The maximum atomic E-state index is 12.4. The fourth-order valence-corrected chi connectivity index (χ4v) is 6.44. The van der Waals surface area contributed by atoms with E-state index in [1.54, 1.807) is 0 Å². The normalized spacial score (nSPS) is 18.7. The Labute approximate surface area is 261 Å². The number of aliphatic carboxylic acids is 3. The van der Waals surface area contributed by atoms with Gasteiger partial charge in [-0.15, -0.1) is 0 Å². The standard InChI is InChI=1S/C32H40N4O7S/c1-35(2)31(24-8-4-3-5-9-24)15-12-22(13-16-31)21-36(43-32(29(41)42,18-27(37)38)19-28(39)40)30(44)33-17-14-23-20-34-26-11-7-6-10-25(23)26/h3-11,20,22,34H,12-19,21H2,1-2H3,(H,33,44)(H,37,38)(H,39,40)(H,41,42). The van der Waals surface area contributed by atoms with Crippen LogP contribution in [0.1, 0.15) is 49.7 Å². The van der Waals surface area contributed by atoms with Crippen molar-refractivity contribution in [1.82, 2.24) is 20.3 Å². The van der Waals surface area contributed by atoms with E-state index < -0.39 is 36.4 Å². The van der Waals surface area contributed by atoms with Gasteiger partial charge in [-0.2, -0.15) is 0 Å². The number of hydrogen-bond donors (Lipinski definition) is 5. The van der Waals surface area contributed by atoms with Crippen LogP contribution in [0.25, 0.3) is 10.9 Å². The smallest absolute Gasteiger partial charge is 0.340 e. The highest BCUT2D eigenvalue weighted by atomic mass is 32.1. The zero-order valence-corrected chi connectivity index (χ0v) is 25.8. The molecule has 0 aliphatic heterocycles. The first kappa shape index (κ1) is 32.9. The molecule has 0 bridgehead atoms. The Morgan fingerprint density at radius 1 is 1.00 bits per heavy atom. The van der Waals surface area contributed by atoms with E-state index in [2.05, 4.69) is 41.4 Å². The zero-order valence-electron chi connectivity index (χ0n) is 25.0. The number of nitrogens with zero attached hydrogens (tertiary/aromatic N) is 2. The molecule has 1 aromatic heterocycles. The van der Waals surface area contributed by atoms with Gasteiger partial charge < -0.3 is 25.6 Å². The number of benzene rings is 2. The number of hydrogen-bond acceptors (Lipinski definition) is 6. The molecule has 1 fully saturated rings. The SMILES string of the molecule is CN(C)C1(c2ccccc2)CCC(CN(OC(CC(=O)O)(CC(=O)O)C(=O)O)C(=S)NCCc2c[nH]c3ccccc23)CC1. The van der Waals surface area contributed by atoms with Crippen molar-refractivity contribution < 1.29 is 34.5 Å². The average molecular weight is 625 g/mol. The summed E-state index contributed by atoms with van der Waals surface area (Å²) >= 11 is 5.67. The first-order chi connectivity index (χ1) is 21.0. The molecule has 12 heteroatoms. The lowest BCUT2D eigenvalue weighted by molar-refractivity contribution is -0.230. The molecule has 0 spiro atoms. The van der Waals surface area contributed by atoms with Crippen molar-refractivity contribution >= 4 is 46.1 Å². The quantitative estimate of drug-likeness (QED) is 0.129. The van der Waals surface area contributed by atoms with Gasteiger partial charge >= 0.3 is 17.9 Å². The summed E-state index contributed by atoms with van der Waals surface area (Å²) in [5.41, 5.74) is 0.572. The Morgan fingerprint density at radius 3 is 2.20 bits per heavy atom. The van der Waals surface area contributed by atoms with Gasteiger partial charge in [0.15, 0.2) is 5.11 Å². The summed E-state index contributed by atoms with van der Waals surface area (Å²) in [6, 6.07) is 18.2. The first-order valence-electron chi connectivity index (χ1n) is 14.7. The van der Waals surface area contributed by atoms with E-state index in [1.165, 1.54) is 10.6 Å². The molecule has 2 aromatic carbocycles. The third-order valence-electron chi connectivity index (χ3n) is 8.64. The van der Waals surface area contributed by atoms with Gasteiger partial charge in [0.05, 0.1) is 19.4 Å². The Kier molecular flexibility index (Phi) is 10.6. The molecule has 0 atom stereocenters. The number of carboxylic acids is 3. The molecule has 1 heterocycles. The molecule has 0 saturated heterocycles. The minimum Gasteiger partial charge on any atom is -0.481 e. The molecule has 11 nitrogen and oxygen atoms in total. The highest BCUT2D eigenvalue weighted by Crippen LogP contribution is 2.43. The number of fused-ring (bicyclic) bond motifs is 1. The second kappa shape index (κ2) is 14.2. The highest BCUT2D eigenvalue weighted by molar-refractivity contribution is 7.80. The predicted octanol–water partition coefficient (Wildman–Crippen LogP) is 4.24. The molecule has 0 radical (unpaired) electrons. The van der Waals surface area contributed by atoms with E-state index in [0.29, 0.717) is 13.0 Å². The van der Waals surface area contributed by atoms with Crippen molar-refractivity contribution in [3.8, 4) is 0 Å².